The number of nitrogens with zero attached hydrogens (tertiary/aromatic N) is 4. The molecule has 4 nitrogen and oxygen atoms in total. The van der Waals surface area contributed by atoms with Crippen molar-refractivity contribution in [3.05, 3.63) is 46.6 Å². The Morgan fingerprint density at radius 3 is 1.74 bits per heavy atom. The van der Waals surface area contributed by atoms with Crippen LogP contribution in [0.2, 0.25) is 0 Å². The van der Waals surface area contributed by atoms with E-state index < -0.39 is 0 Å². The molecule has 0 fully saturated rings. The molecule has 2 atom stereocenters. The Balaban J connectivity index is 0.000000176. The fourth-order valence-electron chi connectivity index (χ4n) is 5.24. The molecule has 0 spiro atoms. The van der Waals surface area contributed by atoms with Crippen LogP contribution in [-0.2, 0) is 23.7 Å². The molecule has 0 bridgehead atoms. The van der Waals surface area contributed by atoms with E-state index in [1.165, 1.54) is 53.2 Å². The molecule has 0 N–H and O–H groups in total. The van der Waals surface area contributed by atoms with E-state index in [2.05, 4.69) is 82.2 Å². The molecule has 2 aromatic rings. The highest BCUT2D eigenvalue weighted by molar-refractivity contribution is 5.38. The van der Waals surface area contributed by atoms with Crippen LogP contribution in [0.3, 0.4) is 0 Å². The third kappa shape index (κ3) is 4.99. The third-order valence-corrected chi connectivity index (χ3v) is 6.85. The van der Waals surface area contributed by atoms with Crippen molar-refractivity contribution in [2.24, 2.45) is 5.92 Å². The second-order valence-electron chi connectivity index (χ2n) is 11.7. The molecule has 2 aromatic heterocycles. The van der Waals surface area contributed by atoms with E-state index in [4.69, 9.17) is 0 Å². The Morgan fingerprint density at radius 1 is 0.774 bits per heavy atom. The first kappa shape index (κ1) is 23.8. The standard InChI is InChI=1S/C14H22N2.C13H20N2/c1-9(2)10-6-7-11-12(10)13(14(3,4)5)16-8-15-11;1-5-9-6-7-10-11(9)12(13(2,3)4)15-8-14-10/h8-10H,6-7H2,1-5H3;8-9H,5-7H2,1-4H3/t10-;9-/m01/s1. The highest BCUT2D eigenvalue weighted by Crippen LogP contribution is 2.42. The predicted molar refractivity (Wildman–Crippen MR) is 129 cm³/mol. The average molecular weight is 423 g/mol. The Morgan fingerprint density at radius 2 is 1.26 bits per heavy atom. The van der Waals surface area contributed by atoms with Gasteiger partial charge in [-0.1, -0.05) is 62.3 Å². The monoisotopic (exact) mass is 422 g/mol. The normalized spacial score (nSPS) is 20.3. The minimum atomic E-state index is 0.129. The molecule has 0 aliphatic heterocycles. The van der Waals surface area contributed by atoms with Crippen LogP contribution in [0.5, 0.6) is 0 Å². The Bertz CT molecular complexity index is 902. The fraction of sp³-hybridized carbons (Fsp3) is 0.704. The van der Waals surface area contributed by atoms with Crippen molar-refractivity contribution in [3.8, 4) is 0 Å². The molecule has 0 radical (unpaired) electrons. The van der Waals surface area contributed by atoms with Crippen LogP contribution >= 0.6 is 0 Å². The summed E-state index contributed by atoms with van der Waals surface area (Å²) in [5, 5.41) is 0. The number of fused-ring (bicyclic) bond motifs is 2. The predicted octanol–water partition coefficient (Wildman–Crippen LogP) is 6.67. The van der Waals surface area contributed by atoms with E-state index in [1.807, 2.05) is 0 Å². The highest BCUT2D eigenvalue weighted by atomic mass is 14.9. The molecule has 0 saturated carbocycles. The maximum Gasteiger partial charge on any atom is 0.115 e. The third-order valence-electron chi connectivity index (χ3n) is 6.85. The van der Waals surface area contributed by atoms with E-state index in [1.54, 1.807) is 12.7 Å². The minimum Gasteiger partial charge on any atom is -0.241 e. The summed E-state index contributed by atoms with van der Waals surface area (Å²) in [5.74, 6) is 2.04. The number of aromatic nitrogens is 4. The minimum absolute atomic E-state index is 0.129. The maximum absolute atomic E-state index is 4.54. The molecule has 4 heteroatoms. The second-order valence-corrected chi connectivity index (χ2v) is 11.7. The van der Waals surface area contributed by atoms with Crippen molar-refractivity contribution in [1.82, 2.24) is 19.9 Å². The zero-order valence-electron chi connectivity index (χ0n) is 21.2. The molecule has 31 heavy (non-hydrogen) atoms. The number of aryl methyl sites for hydroxylation is 2. The number of hydrogen-bond donors (Lipinski definition) is 0. The van der Waals surface area contributed by atoms with Crippen molar-refractivity contribution in [2.75, 3.05) is 0 Å². The van der Waals surface area contributed by atoms with Crippen LogP contribution in [0.25, 0.3) is 0 Å². The molecule has 0 unspecified atom stereocenters. The van der Waals surface area contributed by atoms with Crippen molar-refractivity contribution < 1.29 is 0 Å². The zero-order valence-corrected chi connectivity index (χ0v) is 21.2. The van der Waals surface area contributed by atoms with Gasteiger partial charge in [-0.05, 0) is 61.0 Å². The van der Waals surface area contributed by atoms with Gasteiger partial charge in [-0.15, -0.1) is 0 Å². The molecule has 2 aliphatic rings. The van der Waals surface area contributed by atoms with Gasteiger partial charge in [0.15, 0.2) is 0 Å². The summed E-state index contributed by atoms with van der Waals surface area (Å²) in [6.07, 6.45) is 9.45. The molecule has 0 aromatic carbocycles. The highest BCUT2D eigenvalue weighted by Gasteiger charge is 2.33. The van der Waals surface area contributed by atoms with Gasteiger partial charge >= 0.3 is 0 Å². The zero-order chi connectivity index (χ0) is 23.0. The van der Waals surface area contributed by atoms with Gasteiger partial charge in [0.2, 0.25) is 0 Å². The van der Waals surface area contributed by atoms with Crippen LogP contribution in [0.15, 0.2) is 12.7 Å². The summed E-state index contributed by atoms with van der Waals surface area (Å²) in [6.45, 7) is 20.3. The quantitative estimate of drug-likeness (QED) is 0.542. The lowest BCUT2D eigenvalue weighted by Gasteiger charge is -2.25. The molecule has 2 heterocycles. The van der Waals surface area contributed by atoms with E-state index in [9.17, 15) is 0 Å². The van der Waals surface area contributed by atoms with Gasteiger partial charge in [0.25, 0.3) is 0 Å². The van der Waals surface area contributed by atoms with Crippen LogP contribution in [0.4, 0.5) is 0 Å². The smallest absolute Gasteiger partial charge is 0.115 e. The summed E-state index contributed by atoms with van der Waals surface area (Å²) in [6, 6.07) is 0. The SMILES string of the molecule is CC(C)[C@@H]1CCc2ncnc(C(C)(C)C)c21.CC[C@@H]1CCc2ncnc(C(C)(C)C)c21. The fourth-order valence-corrected chi connectivity index (χ4v) is 5.24. The van der Waals surface area contributed by atoms with Gasteiger partial charge < -0.3 is 0 Å². The van der Waals surface area contributed by atoms with Crippen LogP contribution in [0.1, 0.15) is 127 Å². The summed E-state index contributed by atoms with van der Waals surface area (Å²) in [7, 11) is 0. The average Bonchev–Trinajstić information content (AvgIpc) is 3.30. The molecule has 0 amide bonds. The summed E-state index contributed by atoms with van der Waals surface area (Å²) < 4.78 is 0. The summed E-state index contributed by atoms with van der Waals surface area (Å²) in [4.78, 5) is 17.9. The van der Waals surface area contributed by atoms with Crippen molar-refractivity contribution >= 4 is 0 Å². The van der Waals surface area contributed by atoms with Crippen molar-refractivity contribution in [1.29, 1.82) is 0 Å². The number of rotatable bonds is 2. The van der Waals surface area contributed by atoms with E-state index in [-0.39, 0.29) is 10.8 Å². The maximum atomic E-state index is 4.54. The van der Waals surface area contributed by atoms with Crippen molar-refractivity contribution in [2.45, 2.75) is 117 Å². The van der Waals surface area contributed by atoms with E-state index in [0.717, 1.165) is 12.8 Å². The Hall–Kier alpha value is -1.84. The van der Waals surface area contributed by atoms with E-state index >= 15 is 0 Å². The first-order valence-electron chi connectivity index (χ1n) is 12.1. The van der Waals surface area contributed by atoms with Gasteiger partial charge in [-0.3, -0.25) is 0 Å². The topological polar surface area (TPSA) is 51.6 Å². The van der Waals surface area contributed by atoms with Crippen LogP contribution < -0.4 is 0 Å². The molecule has 2 aliphatic carbocycles. The second kappa shape index (κ2) is 8.96. The molecule has 0 saturated heterocycles. The molecular weight excluding hydrogens is 380 g/mol. The van der Waals surface area contributed by atoms with Crippen LogP contribution in [-0.4, -0.2) is 19.9 Å². The van der Waals surface area contributed by atoms with Gasteiger partial charge in [0.1, 0.15) is 12.7 Å². The molecule has 4 rings (SSSR count). The summed E-state index contributed by atoms with van der Waals surface area (Å²) in [5.41, 5.74) is 8.28. The van der Waals surface area contributed by atoms with Gasteiger partial charge in [-0.2, -0.15) is 0 Å². The lowest BCUT2D eigenvalue weighted by atomic mass is 9.82. The lowest BCUT2D eigenvalue weighted by molar-refractivity contribution is 0.476. The largest absolute Gasteiger partial charge is 0.241 e. The molecule has 170 valence electrons. The number of hydrogen-bond acceptors (Lipinski definition) is 4. The first-order chi connectivity index (χ1) is 14.4. The Labute approximate surface area is 189 Å². The van der Waals surface area contributed by atoms with E-state index in [0.29, 0.717) is 17.8 Å². The molecular formula is C27H42N4. The first-order valence-corrected chi connectivity index (χ1v) is 12.1. The Kier molecular flexibility index (Phi) is 6.88. The van der Waals surface area contributed by atoms with Gasteiger partial charge in [0.05, 0.1) is 11.4 Å². The van der Waals surface area contributed by atoms with Gasteiger partial charge in [-0.25, -0.2) is 19.9 Å². The van der Waals surface area contributed by atoms with Crippen molar-refractivity contribution in [3.63, 3.8) is 0 Å². The van der Waals surface area contributed by atoms with Gasteiger partial charge in [0, 0.05) is 22.2 Å². The lowest BCUT2D eigenvalue weighted by Crippen LogP contribution is -2.19. The summed E-state index contributed by atoms with van der Waals surface area (Å²) >= 11 is 0. The van der Waals surface area contributed by atoms with Crippen LogP contribution in [0, 0.1) is 5.92 Å².